The van der Waals surface area contributed by atoms with Crippen LogP contribution in [0.1, 0.15) is 12.8 Å². The van der Waals surface area contributed by atoms with Crippen LogP contribution in [0.4, 0.5) is 17.3 Å². The van der Waals surface area contributed by atoms with Gasteiger partial charge in [0.15, 0.2) is 0 Å². The minimum absolute atomic E-state index is 0.463. The third-order valence-electron chi connectivity index (χ3n) is 6.36. The summed E-state index contributed by atoms with van der Waals surface area (Å²) in [6.45, 7) is 4.01. The Morgan fingerprint density at radius 2 is 1.81 bits per heavy atom. The fourth-order valence-corrected chi connectivity index (χ4v) is 4.64. The number of hydrogen-bond donors (Lipinski definition) is 1. The van der Waals surface area contributed by atoms with Crippen LogP contribution in [0, 0.1) is 0 Å². The van der Waals surface area contributed by atoms with Crippen molar-refractivity contribution in [1.29, 1.82) is 0 Å². The van der Waals surface area contributed by atoms with E-state index in [0.29, 0.717) is 18.2 Å². The minimum Gasteiger partial charge on any atom is -0.755 e. The maximum atomic E-state index is 11.1. The van der Waals surface area contributed by atoms with E-state index >= 15 is 0 Å². The summed E-state index contributed by atoms with van der Waals surface area (Å²) >= 11 is -2.32. The monoisotopic (exact) mass is 502 g/mol. The molecule has 186 valence electrons. The van der Waals surface area contributed by atoms with E-state index in [2.05, 4.69) is 33.4 Å². The van der Waals surface area contributed by atoms with Gasteiger partial charge >= 0.3 is 0 Å². The molecular formula is C27H28N5O3S-. The Hall–Kier alpha value is -3.53. The third-order valence-corrected chi connectivity index (χ3v) is 7.02. The number of nitrogens with one attached hydrogen (secondary N) is 1. The molecule has 8 nitrogen and oxygen atoms in total. The molecule has 1 aliphatic heterocycles. The SMILES string of the molecule is CN(c1ccc(Nc2ncc3cccc(-c4ccc(OCCN5CCCC5)cc4)c3n2)cc1)S(=O)[O-]. The molecule has 2 heterocycles. The van der Waals surface area contributed by atoms with Crippen molar-refractivity contribution in [3.63, 3.8) is 0 Å². The molecule has 0 amide bonds. The topological polar surface area (TPSA) is 93.7 Å². The molecule has 5 rings (SSSR count). The van der Waals surface area contributed by atoms with Crippen LogP contribution in [0.3, 0.4) is 0 Å². The predicted octanol–water partition coefficient (Wildman–Crippen LogP) is 4.75. The van der Waals surface area contributed by atoms with Crippen LogP contribution in [-0.4, -0.2) is 56.9 Å². The van der Waals surface area contributed by atoms with Crippen LogP contribution >= 0.6 is 0 Å². The Morgan fingerprint density at radius 1 is 1.06 bits per heavy atom. The quantitative estimate of drug-likeness (QED) is 0.330. The number of benzene rings is 3. The first-order valence-corrected chi connectivity index (χ1v) is 13.0. The van der Waals surface area contributed by atoms with Gasteiger partial charge in [0.25, 0.3) is 0 Å². The summed E-state index contributed by atoms with van der Waals surface area (Å²) in [6.07, 6.45) is 4.37. The van der Waals surface area contributed by atoms with Crippen molar-refractivity contribution >= 4 is 39.5 Å². The van der Waals surface area contributed by atoms with Crippen molar-refractivity contribution < 1.29 is 13.5 Å². The Labute approximate surface area is 213 Å². The summed E-state index contributed by atoms with van der Waals surface area (Å²) < 4.78 is 29.4. The van der Waals surface area contributed by atoms with E-state index in [0.717, 1.165) is 44.3 Å². The lowest BCUT2D eigenvalue weighted by Gasteiger charge is -2.21. The van der Waals surface area contributed by atoms with Crippen molar-refractivity contribution in [2.45, 2.75) is 12.8 Å². The van der Waals surface area contributed by atoms with Gasteiger partial charge in [-0.3, -0.25) is 9.11 Å². The van der Waals surface area contributed by atoms with E-state index in [-0.39, 0.29) is 0 Å². The molecule has 1 unspecified atom stereocenters. The van der Waals surface area contributed by atoms with Gasteiger partial charge in [0.05, 0.1) is 5.52 Å². The number of hydrogen-bond acceptors (Lipinski definition) is 7. The van der Waals surface area contributed by atoms with Gasteiger partial charge in [-0.05, 0) is 67.9 Å². The number of rotatable bonds is 9. The number of para-hydroxylation sites is 1. The second-order valence-corrected chi connectivity index (χ2v) is 9.73. The summed E-state index contributed by atoms with van der Waals surface area (Å²) in [5, 5.41) is 4.15. The highest BCUT2D eigenvalue weighted by Gasteiger charge is 2.11. The van der Waals surface area contributed by atoms with Crippen LogP contribution in [0.2, 0.25) is 0 Å². The van der Waals surface area contributed by atoms with Crippen molar-refractivity contribution in [3.05, 3.63) is 72.9 Å². The molecule has 1 aromatic heterocycles. The summed E-state index contributed by atoms with van der Waals surface area (Å²) in [6, 6.07) is 21.2. The molecule has 36 heavy (non-hydrogen) atoms. The van der Waals surface area contributed by atoms with E-state index in [9.17, 15) is 8.76 Å². The number of nitrogens with zero attached hydrogens (tertiary/aromatic N) is 4. The third kappa shape index (κ3) is 5.64. The first-order chi connectivity index (χ1) is 17.6. The number of likely N-dealkylation sites (tertiary alicyclic amines) is 1. The molecule has 1 saturated heterocycles. The first-order valence-electron chi connectivity index (χ1n) is 12.0. The van der Waals surface area contributed by atoms with Crippen molar-refractivity contribution in [1.82, 2.24) is 14.9 Å². The molecule has 0 saturated carbocycles. The first kappa shape index (κ1) is 24.2. The highest BCUT2D eigenvalue weighted by atomic mass is 32.2. The van der Waals surface area contributed by atoms with Gasteiger partial charge in [0.2, 0.25) is 5.95 Å². The zero-order valence-electron chi connectivity index (χ0n) is 20.1. The van der Waals surface area contributed by atoms with Gasteiger partial charge in [-0.15, -0.1) is 0 Å². The molecule has 0 bridgehead atoms. The predicted molar refractivity (Wildman–Crippen MR) is 143 cm³/mol. The van der Waals surface area contributed by atoms with Crippen LogP contribution in [-0.2, 0) is 11.3 Å². The van der Waals surface area contributed by atoms with Crippen molar-refractivity contribution in [3.8, 4) is 16.9 Å². The van der Waals surface area contributed by atoms with Gasteiger partial charge in [0.1, 0.15) is 12.4 Å². The smallest absolute Gasteiger partial charge is 0.227 e. The molecule has 0 radical (unpaired) electrons. The van der Waals surface area contributed by atoms with E-state index in [1.807, 2.05) is 24.3 Å². The Kier molecular flexibility index (Phi) is 7.41. The van der Waals surface area contributed by atoms with E-state index < -0.39 is 11.3 Å². The van der Waals surface area contributed by atoms with Crippen LogP contribution < -0.4 is 14.4 Å². The average molecular weight is 503 g/mol. The second-order valence-electron chi connectivity index (χ2n) is 8.75. The molecular weight excluding hydrogens is 474 g/mol. The molecule has 3 aromatic carbocycles. The number of fused-ring (bicyclic) bond motifs is 1. The second kappa shape index (κ2) is 11.0. The normalized spacial score (nSPS) is 14.6. The van der Waals surface area contributed by atoms with Crippen LogP contribution in [0.15, 0.2) is 72.9 Å². The molecule has 0 aliphatic carbocycles. The fourth-order valence-electron chi connectivity index (χ4n) is 4.35. The number of anilines is 3. The highest BCUT2D eigenvalue weighted by molar-refractivity contribution is 7.80. The van der Waals surface area contributed by atoms with Crippen LogP contribution in [0.25, 0.3) is 22.0 Å². The molecule has 0 spiro atoms. The van der Waals surface area contributed by atoms with E-state index in [1.54, 1.807) is 30.5 Å². The van der Waals surface area contributed by atoms with Crippen molar-refractivity contribution in [2.24, 2.45) is 0 Å². The summed E-state index contributed by atoms with van der Waals surface area (Å²) in [4.78, 5) is 11.7. The summed E-state index contributed by atoms with van der Waals surface area (Å²) in [5.41, 5.74) is 4.23. The Bertz CT molecular complexity index is 1340. The summed E-state index contributed by atoms with van der Waals surface area (Å²) in [7, 11) is 1.49. The lowest BCUT2D eigenvalue weighted by Crippen LogP contribution is -2.25. The maximum Gasteiger partial charge on any atom is 0.227 e. The largest absolute Gasteiger partial charge is 0.755 e. The molecule has 1 atom stereocenters. The maximum absolute atomic E-state index is 11.1. The zero-order valence-corrected chi connectivity index (χ0v) is 20.9. The Balaban J connectivity index is 1.31. The van der Waals surface area contributed by atoms with E-state index in [4.69, 9.17) is 9.72 Å². The van der Waals surface area contributed by atoms with Gasteiger partial charge in [0, 0.05) is 53.4 Å². The molecule has 9 heteroatoms. The van der Waals surface area contributed by atoms with Crippen molar-refractivity contribution in [2.75, 3.05) is 42.9 Å². The average Bonchev–Trinajstić information content (AvgIpc) is 3.42. The summed E-state index contributed by atoms with van der Waals surface area (Å²) in [5.74, 6) is 1.33. The van der Waals surface area contributed by atoms with Gasteiger partial charge < -0.3 is 18.9 Å². The van der Waals surface area contributed by atoms with Crippen LogP contribution in [0.5, 0.6) is 5.75 Å². The lowest BCUT2D eigenvalue weighted by molar-refractivity contribution is 0.238. The molecule has 1 aliphatic rings. The molecule has 1 fully saturated rings. The fraction of sp³-hybridized carbons (Fsp3) is 0.259. The standard InChI is InChI=1S/C27H29N5O3S/c1-31(36(33)34)23-11-9-22(10-12-23)29-27-28-19-21-5-4-6-25(26(21)30-27)20-7-13-24(14-8-20)35-18-17-32-15-2-3-16-32/h4-14,19H,2-3,15-18H2,1H3,(H,33,34)(H,28,29,30)/p-1. The minimum atomic E-state index is -2.32. The van der Waals surface area contributed by atoms with Gasteiger partial charge in [-0.2, -0.15) is 0 Å². The Morgan fingerprint density at radius 3 is 2.53 bits per heavy atom. The zero-order chi connectivity index (χ0) is 24.9. The molecule has 4 aromatic rings. The number of ether oxygens (including phenoxy) is 1. The van der Waals surface area contributed by atoms with Gasteiger partial charge in [-0.1, -0.05) is 30.3 Å². The highest BCUT2D eigenvalue weighted by Crippen LogP contribution is 2.30. The molecule has 1 N–H and O–H groups in total. The van der Waals surface area contributed by atoms with Gasteiger partial charge in [-0.25, -0.2) is 9.97 Å². The van der Waals surface area contributed by atoms with E-state index in [1.165, 1.54) is 33.0 Å². The lowest BCUT2D eigenvalue weighted by atomic mass is 10.0. The number of aromatic nitrogens is 2.